The van der Waals surface area contributed by atoms with Crippen LogP contribution in [0.25, 0.3) is 0 Å². The van der Waals surface area contributed by atoms with Crippen molar-refractivity contribution in [2.75, 3.05) is 27.7 Å². The maximum atomic E-state index is 2.33. The topological polar surface area (TPSA) is 0 Å². The van der Waals surface area contributed by atoms with E-state index in [0.717, 1.165) is 16.3 Å². The largest absolute Gasteiger partial charge is 0.331 e. The third kappa shape index (κ3) is 2.48. The second kappa shape index (κ2) is 3.14. The molecule has 0 aromatic heterocycles. The van der Waals surface area contributed by atoms with Crippen molar-refractivity contribution in [2.45, 2.75) is 26.2 Å². The zero-order valence-electron chi connectivity index (χ0n) is 8.43. The normalized spacial score (nSPS) is 31.6. The van der Waals surface area contributed by atoms with Gasteiger partial charge in [0.2, 0.25) is 0 Å². The standard InChI is InChI=1S/C10H22N/c1-5-9-6-7-10(9)8-11(2,3)4/h9-10H,5-8H2,1-4H3/q+1. The Labute approximate surface area is 71.0 Å². The first-order valence-corrected chi connectivity index (χ1v) is 4.83. The molecule has 0 amide bonds. The van der Waals surface area contributed by atoms with Crippen LogP contribution in [-0.4, -0.2) is 32.2 Å². The molecule has 0 aromatic carbocycles. The van der Waals surface area contributed by atoms with Gasteiger partial charge in [-0.15, -0.1) is 0 Å². The Morgan fingerprint density at radius 3 is 1.91 bits per heavy atom. The number of hydrogen-bond acceptors (Lipinski definition) is 0. The molecule has 0 N–H and O–H groups in total. The lowest BCUT2D eigenvalue weighted by Crippen LogP contribution is -2.44. The lowest BCUT2D eigenvalue weighted by molar-refractivity contribution is -0.875. The Kier molecular flexibility index (Phi) is 2.58. The molecule has 1 rings (SSSR count). The van der Waals surface area contributed by atoms with E-state index in [-0.39, 0.29) is 0 Å². The van der Waals surface area contributed by atoms with Gasteiger partial charge in [0.15, 0.2) is 0 Å². The molecule has 0 heterocycles. The molecular formula is C10H22N+. The lowest BCUT2D eigenvalue weighted by atomic mass is 9.72. The van der Waals surface area contributed by atoms with Gasteiger partial charge in [-0.05, 0) is 18.8 Å². The minimum Gasteiger partial charge on any atom is -0.331 e. The van der Waals surface area contributed by atoms with E-state index < -0.39 is 0 Å². The summed E-state index contributed by atoms with van der Waals surface area (Å²) in [6.07, 6.45) is 4.36. The van der Waals surface area contributed by atoms with Crippen LogP contribution in [0.5, 0.6) is 0 Å². The van der Waals surface area contributed by atoms with Gasteiger partial charge < -0.3 is 4.48 Å². The molecule has 2 unspecified atom stereocenters. The van der Waals surface area contributed by atoms with Crippen LogP contribution >= 0.6 is 0 Å². The van der Waals surface area contributed by atoms with Gasteiger partial charge in [0.1, 0.15) is 0 Å². The van der Waals surface area contributed by atoms with Crippen molar-refractivity contribution >= 4 is 0 Å². The van der Waals surface area contributed by atoms with Crippen molar-refractivity contribution in [3.8, 4) is 0 Å². The molecule has 1 nitrogen and oxygen atoms in total. The summed E-state index contributed by atoms with van der Waals surface area (Å²) in [5.41, 5.74) is 0. The number of quaternary nitrogens is 1. The summed E-state index contributed by atoms with van der Waals surface area (Å²) in [6.45, 7) is 3.70. The van der Waals surface area contributed by atoms with Crippen molar-refractivity contribution in [2.24, 2.45) is 11.8 Å². The van der Waals surface area contributed by atoms with Gasteiger partial charge in [0, 0.05) is 5.92 Å². The van der Waals surface area contributed by atoms with Crippen LogP contribution in [0, 0.1) is 11.8 Å². The SMILES string of the molecule is CCC1CCC1C[N+](C)(C)C. The van der Waals surface area contributed by atoms with E-state index in [9.17, 15) is 0 Å². The first-order chi connectivity index (χ1) is 5.03. The average Bonchev–Trinajstić information content (AvgIpc) is 1.80. The van der Waals surface area contributed by atoms with Gasteiger partial charge >= 0.3 is 0 Å². The Morgan fingerprint density at radius 1 is 1.09 bits per heavy atom. The predicted molar refractivity (Wildman–Crippen MR) is 49.4 cm³/mol. The summed E-state index contributed by atoms with van der Waals surface area (Å²) in [5, 5.41) is 0. The Balaban J connectivity index is 2.27. The van der Waals surface area contributed by atoms with Gasteiger partial charge in [-0.2, -0.15) is 0 Å². The van der Waals surface area contributed by atoms with Gasteiger partial charge in [0.25, 0.3) is 0 Å². The van der Waals surface area contributed by atoms with E-state index in [2.05, 4.69) is 28.1 Å². The molecule has 0 bridgehead atoms. The summed E-state index contributed by atoms with van der Waals surface area (Å²) in [4.78, 5) is 0. The van der Waals surface area contributed by atoms with Gasteiger partial charge in [-0.1, -0.05) is 13.3 Å². The van der Waals surface area contributed by atoms with Crippen molar-refractivity contribution in [3.63, 3.8) is 0 Å². The van der Waals surface area contributed by atoms with Crippen LogP contribution in [0.4, 0.5) is 0 Å². The van der Waals surface area contributed by atoms with Crippen molar-refractivity contribution in [1.29, 1.82) is 0 Å². The molecule has 0 spiro atoms. The number of hydrogen-bond donors (Lipinski definition) is 0. The molecule has 0 saturated heterocycles. The summed E-state index contributed by atoms with van der Waals surface area (Å²) in [5.74, 6) is 2.08. The van der Waals surface area contributed by atoms with Crippen molar-refractivity contribution in [3.05, 3.63) is 0 Å². The zero-order valence-corrected chi connectivity index (χ0v) is 8.43. The zero-order chi connectivity index (χ0) is 8.48. The Hall–Kier alpha value is -0.0400. The van der Waals surface area contributed by atoms with Gasteiger partial charge in [-0.3, -0.25) is 0 Å². The fourth-order valence-electron chi connectivity index (χ4n) is 2.12. The first kappa shape index (κ1) is 9.05. The number of rotatable bonds is 3. The van der Waals surface area contributed by atoms with Crippen LogP contribution in [0.2, 0.25) is 0 Å². The maximum absolute atomic E-state index is 2.33. The Bertz CT molecular complexity index is 121. The molecule has 0 aliphatic heterocycles. The van der Waals surface area contributed by atoms with Crippen LogP contribution < -0.4 is 0 Å². The van der Waals surface area contributed by atoms with Crippen molar-refractivity contribution in [1.82, 2.24) is 0 Å². The van der Waals surface area contributed by atoms with E-state index in [0.29, 0.717) is 0 Å². The minimum absolute atomic E-state index is 1.03. The summed E-state index contributed by atoms with van der Waals surface area (Å²) < 4.78 is 1.14. The van der Waals surface area contributed by atoms with Gasteiger partial charge in [-0.25, -0.2) is 0 Å². The molecule has 11 heavy (non-hydrogen) atoms. The fraction of sp³-hybridized carbons (Fsp3) is 1.00. The second-order valence-electron chi connectivity index (χ2n) is 4.98. The first-order valence-electron chi connectivity index (χ1n) is 4.83. The average molecular weight is 156 g/mol. The molecule has 66 valence electrons. The summed E-state index contributed by atoms with van der Waals surface area (Å²) in [6, 6.07) is 0. The third-order valence-corrected chi connectivity index (χ3v) is 2.88. The van der Waals surface area contributed by atoms with E-state index in [1.807, 2.05) is 0 Å². The molecule has 1 fully saturated rings. The third-order valence-electron chi connectivity index (χ3n) is 2.88. The van der Waals surface area contributed by atoms with E-state index >= 15 is 0 Å². The Morgan fingerprint density at radius 2 is 1.64 bits per heavy atom. The fourth-order valence-corrected chi connectivity index (χ4v) is 2.12. The highest BCUT2D eigenvalue weighted by Gasteiger charge is 2.32. The lowest BCUT2D eigenvalue weighted by Gasteiger charge is -2.40. The van der Waals surface area contributed by atoms with Crippen LogP contribution in [0.3, 0.4) is 0 Å². The maximum Gasteiger partial charge on any atom is 0.0811 e. The molecule has 2 atom stereocenters. The molecule has 1 saturated carbocycles. The molecule has 0 radical (unpaired) electrons. The molecule has 1 aliphatic rings. The van der Waals surface area contributed by atoms with E-state index in [1.54, 1.807) is 0 Å². The van der Waals surface area contributed by atoms with E-state index in [1.165, 1.54) is 25.8 Å². The molecular weight excluding hydrogens is 134 g/mol. The second-order valence-corrected chi connectivity index (χ2v) is 4.98. The van der Waals surface area contributed by atoms with Crippen LogP contribution in [-0.2, 0) is 0 Å². The monoisotopic (exact) mass is 156 g/mol. The van der Waals surface area contributed by atoms with Crippen LogP contribution in [0.15, 0.2) is 0 Å². The highest BCUT2D eigenvalue weighted by atomic mass is 15.3. The minimum atomic E-state index is 1.03. The van der Waals surface area contributed by atoms with Crippen molar-refractivity contribution < 1.29 is 4.48 Å². The summed E-state index contributed by atoms with van der Waals surface area (Å²) >= 11 is 0. The molecule has 1 aliphatic carbocycles. The predicted octanol–water partition coefficient (Wildman–Crippen LogP) is 2.13. The quantitative estimate of drug-likeness (QED) is 0.549. The van der Waals surface area contributed by atoms with Crippen LogP contribution in [0.1, 0.15) is 26.2 Å². The number of nitrogens with zero attached hydrogens (tertiary/aromatic N) is 1. The van der Waals surface area contributed by atoms with E-state index in [4.69, 9.17) is 0 Å². The highest BCUT2D eigenvalue weighted by Crippen LogP contribution is 2.37. The smallest absolute Gasteiger partial charge is 0.0811 e. The highest BCUT2D eigenvalue weighted by molar-refractivity contribution is 4.79. The summed E-state index contributed by atoms with van der Waals surface area (Å²) in [7, 11) is 6.89. The van der Waals surface area contributed by atoms with Gasteiger partial charge in [0.05, 0.1) is 27.7 Å². The molecule has 0 aromatic rings. The molecule has 1 heteroatoms.